The van der Waals surface area contributed by atoms with Gasteiger partial charge >= 0.3 is 0 Å². The zero-order chi connectivity index (χ0) is 14.8. The van der Waals surface area contributed by atoms with E-state index in [-0.39, 0.29) is 6.04 Å². The molecule has 2 N–H and O–H groups in total. The number of nitrogens with zero attached hydrogens (tertiary/aromatic N) is 1. The fourth-order valence-electron chi connectivity index (χ4n) is 3.04. The molecule has 0 amide bonds. The molecule has 4 heteroatoms. The quantitative estimate of drug-likeness (QED) is 0.940. The first kappa shape index (κ1) is 14.2. The Kier molecular flexibility index (Phi) is 3.99. The van der Waals surface area contributed by atoms with Gasteiger partial charge in [-0.3, -0.25) is 4.90 Å². The minimum absolute atomic E-state index is 0.0828. The molecule has 3 rings (SSSR count). The van der Waals surface area contributed by atoms with Crippen molar-refractivity contribution in [3.63, 3.8) is 0 Å². The highest BCUT2D eigenvalue weighted by Crippen LogP contribution is 2.30. The molecule has 1 heterocycles. The number of halogens is 2. The third kappa shape index (κ3) is 2.82. The Morgan fingerprint density at radius 3 is 2.71 bits per heavy atom. The average Bonchev–Trinajstić information content (AvgIpc) is 2.49. The molecule has 0 bridgehead atoms. The molecule has 0 fully saturated rings. The standard InChI is InChI=1S/C17H18F2N2/c18-14-6-5-13(16(19)9-14)11-21-8-7-12-3-1-2-4-15(12)17(21)10-20/h1-6,9,17H,7-8,10-11,20H2. The van der Waals surface area contributed by atoms with E-state index in [9.17, 15) is 8.78 Å². The number of hydrogen-bond donors (Lipinski definition) is 1. The molecule has 1 aliphatic rings. The van der Waals surface area contributed by atoms with Crippen molar-refractivity contribution in [1.82, 2.24) is 4.90 Å². The first-order chi connectivity index (χ1) is 10.2. The molecule has 1 aliphatic heterocycles. The third-order valence-electron chi connectivity index (χ3n) is 4.14. The molecule has 0 aliphatic carbocycles. The molecule has 2 aromatic rings. The summed E-state index contributed by atoms with van der Waals surface area (Å²) in [6.07, 6.45) is 0.926. The van der Waals surface area contributed by atoms with Crippen molar-refractivity contribution in [1.29, 1.82) is 0 Å². The van der Waals surface area contributed by atoms with Gasteiger partial charge in [-0.15, -0.1) is 0 Å². The highest BCUT2D eigenvalue weighted by Gasteiger charge is 2.26. The third-order valence-corrected chi connectivity index (χ3v) is 4.14. The molecule has 0 spiro atoms. The van der Waals surface area contributed by atoms with Crippen LogP contribution >= 0.6 is 0 Å². The van der Waals surface area contributed by atoms with Gasteiger partial charge in [-0.05, 0) is 23.6 Å². The summed E-state index contributed by atoms with van der Waals surface area (Å²) in [6, 6.07) is 12.1. The molecule has 21 heavy (non-hydrogen) atoms. The second-order valence-electron chi connectivity index (χ2n) is 5.41. The van der Waals surface area contributed by atoms with Gasteiger partial charge in [0.05, 0.1) is 0 Å². The molecule has 2 aromatic carbocycles. The molecular weight excluding hydrogens is 270 g/mol. The van der Waals surface area contributed by atoms with E-state index in [1.807, 2.05) is 12.1 Å². The van der Waals surface area contributed by atoms with Crippen LogP contribution in [0.25, 0.3) is 0 Å². The van der Waals surface area contributed by atoms with Crippen LogP contribution in [-0.2, 0) is 13.0 Å². The summed E-state index contributed by atoms with van der Waals surface area (Å²) in [5.41, 5.74) is 8.96. The van der Waals surface area contributed by atoms with Gasteiger partial charge in [0.2, 0.25) is 0 Å². The lowest BCUT2D eigenvalue weighted by molar-refractivity contribution is 0.178. The monoisotopic (exact) mass is 288 g/mol. The number of nitrogens with two attached hydrogens (primary N) is 1. The number of benzene rings is 2. The van der Waals surface area contributed by atoms with Crippen molar-refractivity contribution in [3.8, 4) is 0 Å². The highest BCUT2D eigenvalue weighted by molar-refractivity contribution is 5.33. The number of rotatable bonds is 3. The Labute approximate surface area is 123 Å². The van der Waals surface area contributed by atoms with Gasteiger partial charge in [0.25, 0.3) is 0 Å². The van der Waals surface area contributed by atoms with Gasteiger partial charge in [-0.1, -0.05) is 30.3 Å². The minimum Gasteiger partial charge on any atom is -0.329 e. The van der Waals surface area contributed by atoms with E-state index in [1.54, 1.807) is 0 Å². The van der Waals surface area contributed by atoms with Crippen LogP contribution in [0.5, 0.6) is 0 Å². The smallest absolute Gasteiger partial charge is 0.130 e. The van der Waals surface area contributed by atoms with Crippen LogP contribution in [0.15, 0.2) is 42.5 Å². The van der Waals surface area contributed by atoms with E-state index in [1.165, 1.54) is 23.3 Å². The molecule has 1 atom stereocenters. The lowest BCUT2D eigenvalue weighted by Crippen LogP contribution is -2.39. The fourth-order valence-corrected chi connectivity index (χ4v) is 3.04. The van der Waals surface area contributed by atoms with E-state index < -0.39 is 11.6 Å². The Balaban J connectivity index is 1.86. The molecule has 2 nitrogen and oxygen atoms in total. The van der Waals surface area contributed by atoms with Crippen LogP contribution in [0, 0.1) is 11.6 Å². The summed E-state index contributed by atoms with van der Waals surface area (Å²) >= 11 is 0. The van der Waals surface area contributed by atoms with Gasteiger partial charge in [0.15, 0.2) is 0 Å². The second kappa shape index (κ2) is 5.92. The van der Waals surface area contributed by atoms with Crippen LogP contribution in [0.2, 0.25) is 0 Å². The minimum atomic E-state index is -0.546. The lowest BCUT2D eigenvalue weighted by atomic mass is 9.92. The van der Waals surface area contributed by atoms with Gasteiger partial charge in [0.1, 0.15) is 11.6 Å². The van der Waals surface area contributed by atoms with E-state index in [2.05, 4.69) is 17.0 Å². The summed E-state index contributed by atoms with van der Waals surface area (Å²) in [7, 11) is 0. The normalized spacial score (nSPS) is 18.5. The van der Waals surface area contributed by atoms with E-state index >= 15 is 0 Å². The van der Waals surface area contributed by atoms with Crippen LogP contribution < -0.4 is 5.73 Å². The maximum Gasteiger partial charge on any atom is 0.130 e. The molecule has 0 aromatic heterocycles. The molecule has 1 unspecified atom stereocenters. The van der Waals surface area contributed by atoms with Gasteiger partial charge in [-0.2, -0.15) is 0 Å². The maximum absolute atomic E-state index is 13.8. The second-order valence-corrected chi connectivity index (χ2v) is 5.41. The summed E-state index contributed by atoms with van der Waals surface area (Å²) in [4.78, 5) is 2.17. The fraction of sp³-hybridized carbons (Fsp3) is 0.294. The number of fused-ring (bicyclic) bond motifs is 1. The topological polar surface area (TPSA) is 29.3 Å². The van der Waals surface area contributed by atoms with Gasteiger partial charge < -0.3 is 5.73 Å². The predicted octanol–water partition coefficient (Wildman–Crippen LogP) is 3.02. The number of hydrogen-bond acceptors (Lipinski definition) is 2. The average molecular weight is 288 g/mol. The molecule has 0 saturated heterocycles. The SMILES string of the molecule is NCC1c2ccccc2CCN1Cc1ccc(F)cc1F. The van der Waals surface area contributed by atoms with E-state index in [0.717, 1.165) is 19.0 Å². The zero-order valence-electron chi connectivity index (χ0n) is 11.7. The summed E-state index contributed by atoms with van der Waals surface area (Å²) in [6.45, 7) is 1.76. The zero-order valence-corrected chi connectivity index (χ0v) is 11.7. The first-order valence-electron chi connectivity index (χ1n) is 7.15. The van der Waals surface area contributed by atoms with Crippen molar-refractivity contribution in [2.75, 3.05) is 13.1 Å². The molecular formula is C17H18F2N2. The largest absolute Gasteiger partial charge is 0.329 e. The molecule has 0 saturated carbocycles. The maximum atomic E-state index is 13.8. The summed E-state index contributed by atoms with van der Waals surface area (Å²) < 4.78 is 26.8. The van der Waals surface area contributed by atoms with Crippen molar-refractivity contribution in [3.05, 3.63) is 70.8 Å². The Morgan fingerprint density at radius 2 is 1.95 bits per heavy atom. The summed E-state index contributed by atoms with van der Waals surface area (Å²) in [5, 5.41) is 0. The van der Waals surface area contributed by atoms with E-state index in [4.69, 9.17) is 5.73 Å². The van der Waals surface area contributed by atoms with Crippen molar-refractivity contribution >= 4 is 0 Å². The van der Waals surface area contributed by atoms with Gasteiger partial charge in [0, 0.05) is 37.3 Å². The van der Waals surface area contributed by atoms with Crippen LogP contribution in [0.1, 0.15) is 22.7 Å². The van der Waals surface area contributed by atoms with Crippen molar-refractivity contribution in [2.24, 2.45) is 5.73 Å². The lowest BCUT2D eigenvalue weighted by Gasteiger charge is -2.36. The summed E-state index contributed by atoms with van der Waals surface area (Å²) in [5.74, 6) is -1.04. The molecule has 0 radical (unpaired) electrons. The van der Waals surface area contributed by atoms with Crippen molar-refractivity contribution in [2.45, 2.75) is 19.0 Å². The van der Waals surface area contributed by atoms with Crippen molar-refractivity contribution < 1.29 is 8.78 Å². The predicted molar refractivity (Wildman–Crippen MR) is 78.7 cm³/mol. The Bertz CT molecular complexity index is 642. The first-order valence-corrected chi connectivity index (χ1v) is 7.15. The van der Waals surface area contributed by atoms with Gasteiger partial charge in [-0.25, -0.2) is 8.78 Å². The molecule has 110 valence electrons. The van der Waals surface area contributed by atoms with E-state index in [0.29, 0.717) is 18.7 Å². The Morgan fingerprint density at radius 1 is 1.14 bits per heavy atom. The van der Waals surface area contributed by atoms with Crippen LogP contribution in [-0.4, -0.2) is 18.0 Å². The van der Waals surface area contributed by atoms with Crippen LogP contribution in [0.3, 0.4) is 0 Å². The highest BCUT2D eigenvalue weighted by atomic mass is 19.1. The van der Waals surface area contributed by atoms with Crippen LogP contribution in [0.4, 0.5) is 8.78 Å². The Hall–Kier alpha value is -1.78.